The van der Waals surface area contributed by atoms with E-state index in [1.807, 2.05) is 0 Å². The number of rotatable bonds is 2. The first kappa shape index (κ1) is 15.9. The van der Waals surface area contributed by atoms with Crippen LogP contribution < -0.4 is 0 Å². The Bertz CT molecular complexity index is 536. The highest BCUT2D eigenvalue weighted by atomic mass is 16.3. The Labute approximate surface area is 140 Å². The van der Waals surface area contributed by atoms with Crippen molar-refractivity contribution in [2.75, 3.05) is 6.61 Å². The number of hydrogen-bond acceptors (Lipinski definition) is 2. The highest BCUT2D eigenvalue weighted by Gasteiger charge is 2.60. The molecule has 7 atom stereocenters. The van der Waals surface area contributed by atoms with Crippen molar-refractivity contribution in [3.8, 4) is 0 Å². The predicted octanol–water partition coefficient (Wildman–Crippen LogP) is 4.08. The summed E-state index contributed by atoms with van der Waals surface area (Å²) < 4.78 is 0. The maximum absolute atomic E-state index is 11.0. The molecule has 4 aliphatic rings. The van der Waals surface area contributed by atoms with Gasteiger partial charge in [-0.2, -0.15) is 0 Å². The van der Waals surface area contributed by atoms with Crippen molar-refractivity contribution in [2.24, 2.45) is 34.5 Å². The molecule has 0 aliphatic heterocycles. The van der Waals surface area contributed by atoms with Gasteiger partial charge in [0.05, 0.1) is 6.10 Å². The van der Waals surface area contributed by atoms with Crippen LogP contribution in [0.25, 0.3) is 0 Å². The molecule has 0 aromatic carbocycles. The van der Waals surface area contributed by atoms with Crippen LogP contribution in [0.5, 0.6) is 0 Å². The molecule has 2 heteroatoms. The maximum atomic E-state index is 11.0. The number of allylic oxidation sites excluding steroid dienone is 3. The van der Waals surface area contributed by atoms with Gasteiger partial charge >= 0.3 is 0 Å². The minimum atomic E-state index is -0.164. The second-order valence-electron chi connectivity index (χ2n) is 9.04. The van der Waals surface area contributed by atoms with Crippen LogP contribution in [0.4, 0.5) is 0 Å². The SMILES string of the molecule is C[C@]12CC[C@H]3[C@@H]([C@H](O)CC4=CCC=C[C@@]43C)[C@@H]1CC[C@@H]2CCO. The predicted molar refractivity (Wildman–Crippen MR) is 92.8 cm³/mol. The lowest BCUT2D eigenvalue weighted by Gasteiger charge is -2.58. The smallest absolute Gasteiger partial charge is 0.0611 e. The fourth-order valence-corrected chi connectivity index (χ4v) is 7.05. The van der Waals surface area contributed by atoms with E-state index < -0.39 is 0 Å². The molecule has 0 saturated heterocycles. The lowest BCUT2D eigenvalue weighted by molar-refractivity contribution is -0.0963. The summed E-state index contributed by atoms with van der Waals surface area (Å²) in [5, 5.41) is 20.5. The summed E-state index contributed by atoms with van der Waals surface area (Å²) in [6, 6.07) is 0. The molecule has 0 radical (unpaired) electrons. The Morgan fingerprint density at radius 2 is 2.00 bits per heavy atom. The first-order valence-electron chi connectivity index (χ1n) is 9.67. The molecular weight excluding hydrogens is 284 g/mol. The number of hydrogen-bond donors (Lipinski definition) is 2. The van der Waals surface area contributed by atoms with E-state index in [-0.39, 0.29) is 11.5 Å². The van der Waals surface area contributed by atoms with Gasteiger partial charge in [0.1, 0.15) is 0 Å². The van der Waals surface area contributed by atoms with Crippen molar-refractivity contribution in [2.45, 2.75) is 64.9 Å². The Morgan fingerprint density at radius 1 is 1.17 bits per heavy atom. The largest absolute Gasteiger partial charge is 0.396 e. The first-order valence-corrected chi connectivity index (χ1v) is 9.67. The van der Waals surface area contributed by atoms with Gasteiger partial charge in [0.25, 0.3) is 0 Å². The van der Waals surface area contributed by atoms with E-state index in [9.17, 15) is 10.2 Å². The van der Waals surface area contributed by atoms with Crippen LogP contribution in [0.15, 0.2) is 23.8 Å². The highest BCUT2D eigenvalue weighted by Crippen LogP contribution is 2.66. The molecule has 4 aliphatic carbocycles. The summed E-state index contributed by atoms with van der Waals surface area (Å²) in [7, 11) is 0. The Balaban J connectivity index is 1.68. The average Bonchev–Trinajstić information content (AvgIpc) is 2.85. The van der Waals surface area contributed by atoms with Crippen LogP contribution >= 0.6 is 0 Å². The monoisotopic (exact) mass is 316 g/mol. The fourth-order valence-electron chi connectivity index (χ4n) is 7.05. The topological polar surface area (TPSA) is 40.5 Å². The van der Waals surface area contributed by atoms with E-state index in [0.717, 1.165) is 19.3 Å². The van der Waals surface area contributed by atoms with E-state index in [1.165, 1.54) is 31.3 Å². The lowest BCUT2D eigenvalue weighted by Crippen LogP contribution is -2.54. The molecule has 0 spiro atoms. The Morgan fingerprint density at radius 3 is 2.78 bits per heavy atom. The van der Waals surface area contributed by atoms with Crippen LogP contribution in [0.1, 0.15) is 58.8 Å². The van der Waals surface area contributed by atoms with Gasteiger partial charge in [0, 0.05) is 12.0 Å². The van der Waals surface area contributed by atoms with Crippen LogP contribution in [0.2, 0.25) is 0 Å². The number of aliphatic hydroxyl groups is 2. The number of fused-ring (bicyclic) bond motifs is 5. The molecule has 3 saturated carbocycles. The van der Waals surface area contributed by atoms with Crippen molar-refractivity contribution < 1.29 is 10.2 Å². The van der Waals surface area contributed by atoms with Gasteiger partial charge in [-0.25, -0.2) is 0 Å². The molecule has 0 unspecified atom stereocenters. The zero-order chi connectivity index (χ0) is 16.2. The van der Waals surface area contributed by atoms with Crippen LogP contribution in [0, 0.1) is 34.5 Å². The van der Waals surface area contributed by atoms with Crippen molar-refractivity contribution in [3.63, 3.8) is 0 Å². The lowest BCUT2D eigenvalue weighted by atomic mass is 9.47. The first-order chi connectivity index (χ1) is 11.0. The molecule has 4 rings (SSSR count). The summed E-state index contributed by atoms with van der Waals surface area (Å²) in [5.41, 5.74) is 2.00. The normalized spacial score (nSPS) is 51.7. The summed E-state index contributed by atoms with van der Waals surface area (Å²) in [5.74, 6) is 2.33. The quantitative estimate of drug-likeness (QED) is 0.754. The van der Waals surface area contributed by atoms with Crippen molar-refractivity contribution >= 4 is 0 Å². The molecule has 2 N–H and O–H groups in total. The van der Waals surface area contributed by atoms with E-state index in [2.05, 4.69) is 32.1 Å². The van der Waals surface area contributed by atoms with Gasteiger partial charge in [-0.1, -0.05) is 37.6 Å². The van der Waals surface area contributed by atoms with Gasteiger partial charge in [0.2, 0.25) is 0 Å². The summed E-state index contributed by atoms with van der Waals surface area (Å²) in [4.78, 5) is 0. The second kappa shape index (κ2) is 5.46. The molecule has 3 fully saturated rings. The molecule has 128 valence electrons. The van der Waals surface area contributed by atoms with Gasteiger partial charge in [-0.3, -0.25) is 0 Å². The fraction of sp³-hybridized carbons (Fsp3) is 0.810. The average molecular weight is 316 g/mol. The summed E-state index contributed by atoms with van der Waals surface area (Å²) >= 11 is 0. The molecule has 0 heterocycles. The summed E-state index contributed by atoms with van der Waals surface area (Å²) in [6.45, 7) is 5.19. The maximum Gasteiger partial charge on any atom is 0.0611 e. The van der Waals surface area contributed by atoms with E-state index >= 15 is 0 Å². The molecule has 2 nitrogen and oxygen atoms in total. The minimum Gasteiger partial charge on any atom is -0.396 e. The molecule has 0 aromatic heterocycles. The Hall–Kier alpha value is -0.600. The second-order valence-corrected chi connectivity index (χ2v) is 9.04. The van der Waals surface area contributed by atoms with Crippen molar-refractivity contribution in [3.05, 3.63) is 23.8 Å². The van der Waals surface area contributed by atoms with Crippen LogP contribution in [0.3, 0.4) is 0 Å². The zero-order valence-electron chi connectivity index (χ0n) is 14.7. The molecular formula is C21H32O2. The third kappa shape index (κ3) is 2.14. The summed E-state index contributed by atoms with van der Waals surface area (Å²) in [6.07, 6.45) is 14.8. The Kier molecular flexibility index (Phi) is 3.77. The highest BCUT2D eigenvalue weighted by molar-refractivity contribution is 5.32. The van der Waals surface area contributed by atoms with Gasteiger partial charge in [-0.05, 0) is 74.0 Å². The van der Waals surface area contributed by atoms with E-state index in [0.29, 0.717) is 35.7 Å². The van der Waals surface area contributed by atoms with E-state index in [4.69, 9.17) is 0 Å². The van der Waals surface area contributed by atoms with Gasteiger partial charge in [0.15, 0.2) is 0 Å². The van der Waals surface area contributed by atoms with E-state index in [1.54, 1.807) is 0 Å². The van der Waals surface area contributed by atoms with Crippen LogP contribution in [-0.2, 0) is 0 Å². The van der Waals surface area contributed by atoms with Crippen molar-refractivity contribution in [1.82, 2.24) is 0 Å². The van der Waals surface area contributed by atoms with Gasteiger partial charge in [-0.15, -0.1) is 0 Å². The van der Waals surface area contributed by atoms with Crippen LogP contribution in [-0.4, -0.2) is 22.9 Å². The molecule has 23 heavy (non-hydrogen) atoms. The van der Waals surface area contributed by atoms with Crippen molar-refractivity contribution in [1.29, 1.82) is 0 Å². The van der Waals surface area contributed by atoms with Gasteiger partial charge < -0.3 is 10.2 Å². The molecule has 0 bridgehead atoms. The minimum absolute atomic E-state index is 0.164. The third-order valence-corrected chi connectivity index (χ3v) is 8.31. The molecule has 0 aromatic rings. The zero-order valence-corrected chi connectivity index (χ0v) is 14.7. The number of aliphatic hydroxyl groups excluding tert-OH is 2. The third-order valence-electron chi connectivity index (χ3n) is 8.31. The standard InChI is InChI=1S/C21H32O2/c1-20-10-4-3-5-15(20)13-18(23)19-16-7-6-14(9-12-22)21(16,2)11-8-17(19)20/h4-5,10,14,16-19,22-23H,3,6-9,11-13H2,1-2H3/t14-,16+,17+,18-,19+,20+,21-/m1/s1. The molecule has 0 amide bonds.